The van der Waals surface area contributed by atoms with Crippen LogP contribution in [0.4, 0.5) is 0 Å². The molecule has 2 heterocycles. The van der Waals surface area contributed by atoms with Crippen molar-refractivity contribution in [3.8, 4) is 10.9 Å². The summed E-state index contributed by atoms with van der Waals surface area (Å²) in [6.07, 6.45) is 3.48. The fraction of sp³-hybridized carbons (Fsp3) is 0.0769. The first-order valence-corrected chi connectivity index (χ1v) is 6.73. The Bertz CT molecular complexity index is 637. The van der Waals surface area contributed by atoms with Crippen LogP contribution in [0.1, 0.15) is 5.56 Å². The van der Waals surface area contributed by atoms with E-state index in [0.717, 1.165) is 21.5 Å². The number of fused-ring (bicyclic) bond motifs is 1. The zero-order chi connectivity index (χ0) is 12.4. The van der Waals surface area contributed by atoms with Gasteiger partial charge in [-0.05, 0) is 23.8 Å². The van der Waals surface area contributed by atoms with Crippen LogP contribution in [0, 0.1) is 0 Å². The van der Waals surface area contributed by atoms with E-state index in [1.165, 1.54) is 11.3 Å². The van der Waals surface area contributed by atoms with Gasteiger partial charge in [-0.15, -0.1) is 24.0 Å². The molecule has 0 atom stereocenters. The van der Waals surface area contributed by atoms with E-state index in [-0.39, 0.29) is 12.4 Å². The molecule has 3 aromatic rings. The fourth-order valence-corrected chi connectivity index (χ4v) is 2.53. The molecule has 3 nitrogen and oxygen atoms in total. The molecule has 6 heteroatoms. The standard InChI is InChI=1S/C13H9ClN2OS.ClH/c14-7-9-1-3-10(4-2-9)17-13-16-11-8-15-6-5-12(11)18-13;/h1-6,8H,7H2;1H. The predicted octanol–water partition coefficient (Wildman–Crippen LogP) is 4.64. The molecular formula is C13H10Cl2N2OS. The van der Waals surface area contributed by atoms with Crippen molar-refractivity contribution >= 4 is 45.6 Å². The Kier molecular flexibility index (Phi) is 4.58. The minimum atomic E-state index is 0. The van der Waals surface area contributed by atoms with Gasteiger partial charge >= 0.3 is 0 Å². The number of thiazole rings is 1. The monoisotopic (exact) mass is 312 g/mol. The predicted molar refractivity (Wildman–Crippen MR) is 80.7 cm³/mol. The highest BCUT2D eigenvalue weighted by atomic mass is 35.5. The van der Waals surface area contributed by atoms with Gasteiger partial charge in [0.2, 0.25) is 0 Å². The van der Waals surface area contributed by atoms with Gasteiger partial charge in [-0.1, -0.05) is 23.5 Å². The van der Waals surface area contributed by atoms with Crippen molar-refractivity contribution in [2.45, 2.75) is 5.88 Å². The van der Waals surface area contributed by atoms with Gasteiger partial charge in [0, 0.05) is 12.1 Å². The summed E-state index contributed by atoms with van der Waals surface area (Å²) in [5, 5.41) is 0.622. The molecule has 0 aliphatic rings. The molecule has 2 aromatic heterocycles. The van der Waals surface area contributed by atoms with Crippen LogP contribution in [-0.2, 0) is 5.88 Å². The van der Waals surface area contributed by atoms with Gasteiger partial charge in [-0.25, -0.2) is 4.98 Å². The lowest BCUT2D eigenvalue weighted by atomic mass is 10.2. The van der Waals surface area contributed by atoms with Gasteiger partial charge in [-0.2, -0.15) is 0 Å². The smallest absolute Gasteiger partial charge is 0.279 e. The Morgan fingerprint density at radius 2 is 1.95 bits per heavy atom. The molecular weight excluding hydrogens is 303 g/mol. The number of halogens is 2. The Hall–Kier alpha value is -1.36. The second-order valence-corrected chi connectivity index (χ2v) is 4.96. The molecule has 3 rings (SSSR count). The molecule has 0 aliphatic heterocycles. The van der Waals surface area contributed by atoms with E-state index >= 15 is 0 Å². The Morgan fingerprint density at radius 3 is 2.63 bits per heavy atom. The zero-order valence-electron chi connectivity index (χ0n) is 9.75. The summed E-state index contributed by atoms with van der Waals surface area (Å²) in [4.78, 5) is 8.39. The van der Waals surface area contributed by atoms with Crippen LogP contribution in [0.25, 0.3) is 10.2 Å². The molecule has 0 saturated heterocycles. The number of ether oxygens (including phenoxy) is 1. The largest absolute Gasteiger partial charge is 0.431 e. The van der Waals surface area contributed by atoms with E-state index in [4.69, 9.17) is 16.3 Å². The average molecular weight is 313 g/mol. The van der Waals surface area contributed by atoms with Gasteiger partial charge < -0.3 is 4.74 Å². The van der Waals surface area contributed by atoms with Crippen LogP contribution >= 0.6 is 35.3 Å². The maximum absolute atomic E-state index is 5.73. The summed E-state index contributed by atoms with van der Waals surface area (Å²) in [5.41, 5.74) is 1.92. The summed E-state index contributed by atoms with van der Waals surface area (Å²) in [6.45, 7) is 0. The highest BCUT2D eigenvalue weighted by Gasteiger charge is 2.05. The van der Waals surface area contributed by atoms with Crippen LogP contribution in [0.3, 0.4) is 0 Å². The molecule has 1 aromatic carbocycles. The quantitative estimate of drug-likeness (QED) is 0.661. The van der Waals surface area contributed by atoms with Crippen molar-refractivity contribution in [1.29, 1.82) is 0 Å². The molecule has 0 aliphatic carbocycles. The first-order valence-electron chi connectivity index (χ1n) is 5.38. The second kappa shape index (κ2) is 6.19. The topological polar surface area (TPSA) is 35.0 Å². The Morgan fingerprint density at radius 1 is 1.16 bits per heavy atom. The van der Waals surface area contributed by atoms with E-state index in [1.807, 2.05) is 30.3 Å². The number of aromatic nitrogens is 2. The number of hydrogen-bond acceptors (Lipinski definition) is 4. The molecule has 0 amide bonds. The van der Waals surface area contributed by atoms with Crippen molar-refractivity contribution in [1.82, 2.24) is 9.97 Å². The lowest BCUT2D eigenvalue weighted by molar-refractivity contribution is 0.480. The zero-order valence-corrected chi connectivity index (χ0v) is 12.1. The van der Waals surface area contributed by atoms with E-state index in [2.05, 4.69) is 9.97 Å². The van der Waals surface area contributed by atoms with Gasteiger partial charge in [0.1, 0.15) is 11.3 Å². The number of alkyl halides is 1. The van der Waals surface area contributed by atoms with Crippen molar-refractivity contribution in [3.63, 3.8) is 0 Å². The highest BCUT2D eigenvalue weighted by molar-refractivity contribution is 7.20. The highest BCUT2D eigenvalue weighted by Crippen LogP contribution is 2.30. The summed E-state index contributed by atoms with van der Waals surface area (Å²) in [7, 11) is 0. The van der Waals surface area contributed by atoms with Gasteiger partial charge in [0.15, 0.2) is 0 Å². The molecule has 0 bridgehead atoms. The van der Waals surface area contributed by atoms with Crippen LogP contribution in [0.5, 0.6) is 10.9 Å². The molecule has 0 N–H and O–H groups in total. The SMILES string of the molecule is Cl.ClCc1ccc(Oc2nc3cnccc3s2)cc1. The summed E-state index contributed by atoms with van der Waals surface area (Å²) >= 11 is 7.24. The third kappa shape index (κ3) is 3.15. The molecule has 0 unspecified atom stereocenters. The lowest BCUT2D eigenvalue weighted by Crippen LogP contribution is -1.83. The number of rotatable bonds is 3. The van der Waals surface area contributed by atoms with E-state index in [0.29, 0.717) is 11.1 Å². The molecule has 0 saturated carbocycles. The number of nitrogens with zero attached hydrogens (tertiary/aromatic N) is 2. The van der Waals surface area contributed by atoms with Crippen LogP contribution in [-0.4, -0.2) is 9.97 Å². The Balaban J connectivity index is 0.00000133. The van der Waals surface area contributed by atoms with Crippen LogP contribution < -0.4 is 4.74 Å². The van der Waals surface area contributed by atoms with Crippen LogP contribution in [0.15, 0.2) is 42.7 Å². The van der Waals surface area contributed by atoms with E-state index in [9.17, 15) is 0 Å². The summed E-state index contributed by atoms with van der Waals surface area (Å²) in [6, 6.07) is 9.59. The first-order chi connectivity index (χ1) is 8.85. The Labute approximate surface area is 125 Å². The molecule has 98 valence electrons. The number of pyridine rings is 1. The van der Waals surface area contributed by atoms with Crippen molar-refractivity contribution in [2.75, 3.05) is 0 Å². The molecule has 19 heavy (non-hydrogen) atoms. The van der Waals surface area contributed by atoms with Gasteiger partial charge in [0.05, 0.1) is 10.9 Å². The minimum Gasteiger partial charge on any atom is -0.431 e. The van der Waals surface area contributed by atoms with Crippen LogP contribution in [0.2, 0.25) is 0 Å². The number of benzene rings is 1. The van der Waals surface area contributed by atoms with Gasteiger partial charge in [-0.3, -0.25) is 4.98 Å². The maximum Gasteiger partial charge on any atom is 0.279 e. The molecule has 0 fully saturated rings. The third-order valence-corrected chi connectivity index (χ3v) is 3.68. The fourth-order valence-electron chi connectivity index (χ4n) is 1.55. The molecule has 0 radical (unpaired) electrons. The normalized spacial score (nSPS) is 10.2. The number of hydrogen-bond donors (Lipinski definition) is 0. The second-order valence-electron chi connectivity index (χ2n) is 3.70. The van der Waals surface area contributed by atoms with E-state index < -0.39 is 0 Å². The third-order valence-electron chi connectivity index (χ3n) is 2.45. The van der Waals surface area contributed by atoms with E-state index in [1.54, 1.807) is 12.4 Å². The average Bonchev–Trinajstić information content (AvgIpc) is 2.82. The van der Waals surface area contributed by atoms with Gasteiger partial charge in [0.25, 0.3) is 5.19 Å². The maximum atomic E-state index is 5.73. The van der Waals surface area contributed by atoms with Crippen molar-refractivity contribution in [3.05, 3.63) is 48.3 Å². The lowest BCUT2D eigenvalue weighted by Gasteiger charge is -2.01. The van der Waals surface area contributed by atoms with Crippen molar-refractivity contribution in [2.24, 2.45) is 0 Å². The first kappa shape index (κ1) is 14.1. The van der Waals surface area contributed by atoms with Crippen molar-refractivity contribution < 1.29 is 4.74 Å². The minimum absolute atomic E-state index is 0. The summed E-state index contributed by atoms with van der Waals surface area (Å²) < 4.78 is 6.77. The molecule has 0 spiro atoms. The summed E-state index contributed by atoms with van der Waals surface area (Å²) in [5.74, 6) is 1.27.